The number of Topliss-reactive ketones (excluding diaryl/α,β-unsaturated/α-hetero) is 1. The zero-order chi connectivity index (χ0) is 21.0. The third-order valence-electron chi connectivity index (χ3n) is 5.52. The van der Waals surface area contributed by atoms with Crippen molar-refractivity contribution >= 4 is 28.2 Å². The Morgan fingerprint density at radius 3 is 2.87 bits per heavy atom. The van der Waals surface area contributed by atoms with Gasteiger partial charge in [0.1, 0.15) is 5.69 Å². The first-order valence-electron chi connectivity index (χ1n) is 9.72. The zero-order valence-corrected chi connectivity index (χ0v) is 17.7. The number of fused-ring (bicyclic) bond motifs is 2. The van der Waals surface area contributed by atoms with Crippen LogP contribution in [0.15, 0.2) is 23.6 Å². The molecule has 0 atom stereocenters. The van der Waals surface area contributed by atoms with Crippen LogP contribution in [0, 0.1) is 12.3 Å². The lowest BCUT2D eigenvalue weighted by Crippen LogP contribution is -2.26. The molecule has 0 unspecified atom stereocenters. The first-order valence-corrected chi connectivity index (χ1v) is 10.6. The molecule has 0 saturated carbocycles. The minimum absolute atomic E-state index is 0.0911. The van der Waals surface area contributed by atoms with Gasteiger partial charge in [-0.25, -0.2) is 4.98 Å². The fourth-order valence-corrected chi connectivity index (χ4v) is 4.85. The van der Waals surface area contributed by atoms with E-state index in [4.69, 9.17) is 9.47 Å². The molecule has 7 nitrogen and oxygen atoms in total. The van der Waals surface area contributed by atoms with E-state index in [1.54, 1.807) is 0 Å². The highest BCUT2D eigenvalue weighted by atomic mass is 32.1. The van der Waals surface area contributed by atoms with Crippen molar-refractivity contribution < 1.29 is 19.1 Å². The third-order valence-corrected chi connectivity index (χ3v) is 6.28. The molecule has 3 aromatic rings. The molecule has 0 spiro atoms. The average molecular weight is 423 g/mol. The van der Waals surface area contributed by atoms with Crippen LogP contribution in [0.1, 0.15) is 52.4 Å². The molecular weight excluding hydrogens is 402 g/mol. The summed E-state index contributed by atoms with van der Waals surface area (Å²) in [4.78, 5) is 33.2. The Hall–Kier alpha value is -3.13. The molecule has 2 N–H and O–H groups in total. The lowest BCUT2D eigenvalue weighted by molar-refractivity contribution is 0.0910. The fraction of sp³-hybridized carbons (Fsp3) is 0.318. The number of carbonyl (C=O) groups excluding carboxylic acids is 2. The second kappa shape index (κ2) is 6.70. The quantitative estimate of drug-likeness (QED) is 0.643. The van der Waals surface area contributed by atoms with Crippen molar-refractivity contribution in [3.63, 3.8) is 0 Å². The third kappa shape index (κ3) is 3.17. The number of aromatic nitrogens is 2. The number of nitrogens with one attached hydrogen (secondary N) is 2. The first-order chi connectivity index (χ1) is 14.3. The van der Waals surface area contributed by atoms with E-state index in [1.165, 1.54) is 11.3 Å². The number of nitrogens with zero attached hydrogens (tertiary/aromatic N) is 1. The summed E-state index contributed by atoms with van der Waals surface area (Å²) in [5, 5.41) is 5.23. The Morgan fingerprint density at radius 2 is 2.03 bits per heavy atom. The van der Waals surface area contributed by atoms with Gasteiger partial charge in [-0.05, 0) is 42.5 Å². The molecule has 1 amide bonds. The number of benzene rings is 1. The van der Waals surface area contributed by atoms with Gasteiger partial charge in [0.25, 0.3) is 5.91 Å². The number of ketones is 1. The van der Waals surface area contributed by atoms with E-state index in [0.717, 1.165) is 23.4 Å². The molecular formula is C22H21N3O4S. The van der Waals surface area contributed by atoms with Gasteiger partial charge in [-0.1, -0.05) is 13.8 Å². The summed E-state index contributed by atoms with van der Waals surface area (Å²) < 4.78 is 10.8. The Bertz CT molecular complexity index is 1190. The molecule has 0 bridgehead atoms. The lowest BCUT2D eigenvalue weighted by Gasteiger charge is -2.28. The van der Waals surface area contributed by atoms with Crippen LogP contribution in [-0.2, 0) is 6.42 Å². The molecule has 1 aliphatic heterocycles. The van der Waals surface area contributed by atoms with Crippen LogP contribution in [0.5, 0.6) is 11.5 Å². The molecule has 0 radical (unpaired) electrons. The maximum Gasteiger partial charge on any atom is 0.274 e. The summed E-state index contributed by atoms with van der Waals surface area (Å²) >= 11 is 1.35. The molecule has 8 heteroatoms. The van der Waals surface area contributed by atoms with Crippen molar-refractivity contribution in [2.45, 2.75) is 33.6 Å². The van der Waals surface area contributed by atoms with Crippen LogP contribution >= 0.6 is 11.3 Å². The monoisotopic (exact) mass is 423 g/mol. The van der Waals surface area contributed by atoms with Gasteiger partial charge in [0.15, 0.2) is 22.4 Å². The number of hydrogen-bond acceptors (Lipinski definition) is 6. The van der Waals surface area contributed by atoms with Gasteiger partial charge in [-0.2, -0.15) is 0 Å². The predicted octanol–water partition coefficient (Wildman–Crippen LogP) is 4.58. The molecule has 1 aromatic carbocycles. The van der Waals surface area contributed by atoms with E-state index < -0.39 is 0 Å². The highest BCUT2D eigenvalue weighted by Crippen LogP contribution is 2.38. The summed E-state index contributed by atoms with van der Waals surface area (Å²) in [6, 6.07) is 5.63. The van der Waals surface area contributed by atoms with E-state index in [1.807, 2.05) is 30.5 Å². The van der Waals surface area contributed by atoms with Crippen LogP contribution in [0.25, 0.3) is 11.3 Å². The highest BCUT2D eigenvalue weighted by molar-refractivity contribution is 7.14. The summed E-state index contributed by atoms with van der Waals surface area (Å²) in [5.74, 6) is 1.20. The molecule has 3 heterocycles. The highest BCUT2D eigenvalue weighted by Gasteiger charge is 2.35. The number of carbonyl (C=O) groups is 2. The SMILES string of the molecule is Cc1c(C(=O)Nc2nc(-c3ccc4c(c3)OCO4)cs2)[nH]c2c1C(=O)CC(C)(C)C2. The fourth-order valence-electron chi connectivity index (χ4n) is 4.14. The van der Waals surface area contributed by atoms with Gasteiger partial charge in [-0.15, -0.1) is 11.3 Å². The Kier molecular flexibility index (Phi) is 4.21. The van der Waals surface area contributed by atoms with Crippen molar-refractivity contribution in [1.82, 2.24) is 9.97 Å². The van der Waals surface area contributed by atoms with Gasteiger partial charge < -0.3 is 14.5 Å². The molecule has 0 saturated heterocycles. The lowest BCUT2D eigenvalue weighted by atomic mass is 9.75. The summed E-state index contributed by atoms with van der Waals surface area (Å²) in [5.41, 5.74) is 4.16. The standard InChI is InChI=1S/C22H21N3O4S/c1-11-18-13(7-22(2,3)8-15(18)26)23-19(11)20(27)25-21-24-14(9-30-21)12-4-5-16-17(6-12)29-10-28-16/h4-6,9,23H,7-8,10H2,1-3H3,(H,24,25,27). The maximum atomic E-state index is 12.9. The van der Waals surface area contributed by atoms with Crippen LogP contribution in [0.3, 0.4) is 0 Å². The van der Waals surface area contributed by atoms with Crippen LogP contribution in [0.2, 0.25) is 0 Å². The molecule has 0 fully saturated rings. The number of thiazole rings is 1. The number of ether oxygens (including phenoxy) is 2. The number of aromatic amines is 1. The first kappa shape index (κ1) is 18.9. The summed E-state index contributed by atoms with van der Waals surface area (Å²) in [6.45, 7) is 6.17. The van der Waals surface area contributed by atoms with Crippen molar-refractivity contribution in [3.05, 3.63) is 46.1 Å². The summed E-state index contributed by atoms with van der Waals surface area (Å²) in [6.07, 6.45) is 1.23. The van der Waals surface area contributed by atoms with E-state index in [2.05, 4.69) is 29.1 Å². The van der Waals surface area contributed by atoms with E-state index >= 15 is 0 Å². The van der Waals surface area contributed by atoms with Gasteiger partial charge in [0.2, 0.25) is 6.79 Å². The molecule has 154 valence electrons. The van der Waals surface area contributed by atoms with Gasteiger partial charge in [0, 0.05) is 28.6 Å². The minimum Gasteiger partial charge on any atom is -0.454 e. The van der Waals surface area contributed by atoms with Crippen LogP contribution in [0.4, 0.5) is 5.13 Å². The predicted molar refractivity (Wildman–Crippen MR) is 114 cm³/mol. The molecule has 30 heavy (non-hydrogen) atoms. The zero-order valence-electron chi connectivity index (χ0n) is 16.9. The summed E-state index contributed by atoms with van der Waals surface area (Å²) in [7, 11) is 0. The molecule has 5 rings (SSSR count). The van der Waals surface area contributed by atoms with Crippen molar-refractivity contribution in [1.29, 1.82) is 0 Å². The molecule has 2 aromatic heterocycles. The Morgan fingerprint density at radius 1 is 1.23 bits per heavy atom. The second-order valence-corrected chi connectivity index (χ2v) is 9.34. The van der Waals surface area contributed by atoms with Gasteiger partial charge >= 0.3 is 0 Å². The minimum atomic E-state index is -0.293. The van der Waals surface area contributed by atoms with Crippen LogP contribution < -0.4 is 14.8 Å². The smallest absolute Gasteiger partial charge is 0.274 e. The van der Waals surface area contributed by atoms with Crippen molar-refractivity contribution in [2.75, 3.05) is 12.1 Å². The number of rotatable bonds is 3. The number of H-pyrrole nitrogens is 1. The topological polar surface area (TPSA) is 93.3 Å². The van der Waals surface area contributed by atoms with Gasteiger partial charge in [-0.3, -0.25) is 14.9 Å². The van der Waals surface area contributed by atoms with Crippen molar-refractivity contribution in [2.24, 2.45) is 5.41 Å². The van der Waals surface area contributed by atoms with E-state index in [-0.39, 0.29) is 23.9 Å². The number of hydrogen-bond donors (Lipinski definition) is 2. The van der Waals surface area contributed by atoms with Crippen LogP contribution in [-0.4, -0.2) is 28.5 Å². The Balaban J connectivity index is 1.38. The average Bonchev–Trinajstić information content (AvgIpc) is 3.38. The second-order valence-electron chi connectivity index (χ2n) is 8.48. The maximum absolute atomic E-state index is 12.9. The number of amides is 1. The molecule has 1 aliphatic carbocycles. The van der Waals surface area contributed by atoms with E-state index in [9.17, 15) is 9.59 Å². The largest absolute Gasteiger partial charge is 0.454 e. The molecule has 2 aliphatic rings. The van der Waals surface area contributed by atoms with Gasteiger partial charge in [0.05, 0.1) is 5.69 Å². The van der Waals surface area contributed by atoms with Crippen molar-refractivity contribution in [3.8, 4) is 22.8 Å². The number of anilines is 1. The normalized spacial score (nSPS) is 16.4. The van der Waals surface area contributed by atoms with E-state index in [0.29, 0.717) is 39.9 Å². The Labute approximate surface area is 177 Å².